The van der Waals surface area contributed by atoms with Crippen molar-refractivity contribution in [1.29, 1.82) is 0 Å². The van der Waals surface area contributed by atoms with Crippen LogP contribution in [-0.4, -0.2) is 25.2 Å². The summed E-state index contributed by atoms with van der Waals surface area (Å²) in [5.41, 5.74) is 2.32. The Morgan fingerprint density at radius 2 is 1.14 bits per heavy atom. The third-order valence-corrected chi connectivity index (χ3v) is 7.68. The van der Waals surface area contributed by atoms with E-state index in [1.807, 2.05) is 0 Å². The van der Waals surface area contributed by atoms with Gasteiger partial charge in [0.15, 0.2) is 0 Å². The van der Waals surface area contributed by atoms with E-state index in [0.29, 0.717) is 13.2 Å². The molecule has 0 heterocycles. The van der Waals surface area contributed by atoms with Crippen LogP contribution in [0.3, 0.4) is 0 Å². The van der Waals surface area contributed by atoms with Gasteiger partial charge in [0.05, 0.1) is 25.0 Å². The lowest BCUT2D eigenvalue weighted by Gasteiger charge is -2.42. The van der Waals surface area contributed by atoms with Crippen molar-refractivity contribution in [3.63, 3.8) is 0 Å². The van der Waals surface area contributed by atoms with E-state index in [1.165, 1.54) is 11.1 Å². The van der Waals surface area contributed by atoms with Gasteiger partial charge in [0.2, 0.25) is 0 Å². The van der Waals surface area contributed by atoms with Gasteiger partial charge in [0, 0.05) is 10.8 Å². The van der Waals surface area contributed by atoms with E-state index in [1.54, 1.807) is 0 Å². The number of carbonyl (C=O) groups is 2. The van der Waals surface area contributed by atoms with Crippen LogP contribution in [0.1, 0.15) is 99.3 Å². The first-order valence-corrected chi connectivity index (χ1v) is 12.0. The van der Waals surface area contributed by atoms with Gasteiger partial charge in [0.25, 0.3) is 0 Å². The molecule has 4 nitrogen and oxygen atoms in total. The summed E-state index contributed by atoms with van der Waals surface area (Å²) in [5.74, 6) is -1.20. The normalized spacial score (nSPS) is 30.7. The highest BCUT2D eigenvalue weighted by molar-refractivity contribution is 5.87. The van der Waals surface area contributed by atoms with Gasteiger partial charge in [-0.05, 0) is 44.9 Å². The molecule has 0 aliphatic heterocycles. The minimum Gasteiger partial charge on any atom is -0.465 e. The van der Waals surface area contributed by atoms with Crippen molar-refractivity contribution in [3.8, 4) is 0 Å². The van der Waals surface area contributed by atoms with Gasteiger partial charge in [-0.2, -0.15) is 0 Å². The molecule has 0 N–H and O–H groups in total. The van der Waals surface area contributed by atoms with E-state index in [9.17, 15) is 9.59 Å². The number of ether oxygens (including phenoxy) is 2. The fourth-order valence-electron chi connectivity index (χ4n) is 6.40. The quantitative estimate of drug-likeness (QED) is 0.219. The van der Waals surface area contributed by atoms with Crippen LogP contribution < -0.4 is 0 Å². The average molecular weight is 407 g/mol. The van der Waals surface area contributed by atoms with Crippen LogP contribution in [0.25, 0.3) is 0 Å². The van der Waals surface area contributed by atoms with Gasteiger partial charge in [-0.1, -0.05) is 65.5 Å². The summed E-state index contributed by atoms with van der Waals surface area (Å²) in [4.78, 5) is 26.8. The minimum atomic E-state index is -0.413. The van der Waals surface area contributed by atoms with Gasteiger partial charge < -0.3 is 9.47 Å². The third-order valence-electron chi connectivity index (χ3n) is 7.68. The Morgan fingerprint density at radius 3 is 1.41 bits per heavy atom. The van der Waals surface area contributed by atoms with Gasteiger partial charge in [0.1, 0.15) is 0 Å². The van der Waals surface area contributed by atoms with E-state index >= 15 is 0 Å². The largest absolute Gasteiger partial charge is 0.465 e. The number of hydrogen-bond donors (Lipinski definition) is 0. The van der Waals surface area contributed by atoms with E-state index < -0.39 is 11.8 Å². The molecule has 2 bridgehead atoms. The Balaban J connectivity index is 2.52. The fourth-order valence-corrected chi connectivity index (χ4v) is 6.40. The third kappa shape index (κ3) is 3.88. The van der Waals surface area contributed by atoms with E-state index in [4.69, 9.17) is 9.47 Å². The van der Waals surface area contributed by atoms with Crippen LogP contribution in [-0.2, 0) is 19.1 Å². The molecule has 29 heavy (non-hydrogen) atoms. The summed E-state index contributed by atoms with van der Waals surface area (Å²) in [5, 5.41) is 0. The first kappa shape index (κ1) is 24.0. The highest BCUT2D eigenvalue weighted by atomic mass is 16.5. The lowest BCUT2D eigenvalue weighted by atomic mass is 9.61. The topological polar surface area (TPSA) is 52.6 Å². The van der Waals surface area contributed by atoms with Crippen LogP contribution in [0.2, 0.25) is 0 Å². The molecule has 0 aromatic carbocycles. The molecule has 2 aliphatic rings. The summed E-state index contributed by atoms with van der Waals surface area (Å²) < 4.78 is 11.5. The highest BCUT2D eigenvalue weighted by Gasteiger charge is 2.71. The number of fused-ring (bicyclic) bond motifs is 2. The number of carbonyl (C=O) groups excluding carboxylic acids is 2. The standard InChI is InChI=1S/C25H42O4/c1-7-13-15-28-22(26)20-21(23(27)29-16-14-8-2)25(12-6)17-24(20,11-5)18(9-3)19(25)10-4/h20-21H,7-17H2,1-6H3. The second-order valence-corrected chi connectivity index (χ2v) is 8.86. The zero-order valence-electron chi connectivity index (χ0n) is 19.6. The summed E-state index contributed by atoms with van der Waals surface area (Å²) >= 11 is 0. The molecule has 166 valence electrons. The molecule has 1 fully saturated rings. The first-order chi connectivity index (χ1) is 13.9. The smallest absolute Gasteiger partial charge is 0.310 e. The molecule has 2 aliphatic carbocycles. The Labute approximate surface area is 177 Å². The van der Waals surface area contributed by atoms with Crippen molar-refractivity contribution in [2.45, 2.75) is 99.3 Å². The van der Waals surface area contributed by atoms with E-state index in [2.05, 4.69) is 41.5 Å². The molecule has 4 atom stereocenters. The molecule has 0 aromatic heterocycles. The van der Waals surface area contributed by atoms with Crippen molar-refractivity contribution in [2.75, 3.05) is 13.2 Å². The summed E-state index contributed by atoms with van der Waals surface area (Å²) in [7, 11) is 0. The predicted molar refractivity (Wildman–Crippen MR) is 116 cm³/mol. The van der Waals surface area contributed by atoms with Gasteiger partial charge in [-0.3, -0.25) is 9.59 Å². The number of allylic oxidation sites excluding steroid dienone is 2. The number of hydrogen-bond acceptors (Lipinski definition) is 4. The van der Waals surface area contributed by atoms with Crippen LogP contribution in [0.4, 0.5) is 0 Å². The van der Waals surface area contributed by atoms with Crippen LogP contribution in [0.5, 0.6) is 0 Å². The molecular formula is C25H42O4. The molecule has 0 saturated heterocycles. The van der Waals surface area contributed by atoms with Crippen molar-refractivity contribution >= 4 is 11.9 Å². The Morgan fingerprint density at radius 1 is 0.759 bits per heavy atom. The first-order valence-electron chi connectivity index (χ1n) is 12.0. The van der Waals surface area contributed by atoms with Gasteiger partial charge in [-0.15, -0.1) is 0 Å². The maximum Gasteiger partial charge on any atom is 0.310 e. The van der Waals surface area contributed by atoms with Crippen LogP contribution in [0.15, 0.2) is 11.1 Å². The molecule has 4 unspecified atom stereocenters. The van der Waals surface area contributed by atoms with Gasteiger partial charge in [-0.25, -0.2) is 0 Å². The maximum absolute atomic E-state index is 13.4. The van der Waals surface area contributed by atoms with Crippen molar-refractivity contribution in [1.82, 2.24) is 0 Å². The van der Waals surface area contributed by atoms with Crippen LogP contribution >= 0.6 is 0 Å². The molecule has 1 saturated carbocycles. The molecule has 0 aromatic rings. The zero-order chi connectivity index (χ0) is 21.7. The second kappa shape index (κ2) is 10.1. The van der Waals surface area contributed by atoms with E-state index in [0.717, 1.165) is 57.8 Å². The summed E-state index contributed by atoms with van der Waals surface area (Å²) in [6, 6.07) is 0. The highest BCUT2D eigenvalue weighted by Crippen LogP contribution is 2.73. The van der Waals surface area contributed by atoms with Crippen LogP contribution in [0, 0.1) is 22.7 Å². The SMILES string of the molecule is CCCCOC(=O)C1C(C(=O)OCCCC)C2(CC)CC1(CC)C(CC)=C2CC. The van der Waals surface area contributed by atoms with E-state index in [-0.39, 0.29) is 22.8 Å². The van der Waals surface area contributed by atoms with Crippen molar-refractivity contribution in [2.24, 2.45) is 22.7 Å². The average Bonchev–Trinajstić information content (AvgIpc) is 3.20. The Bertz CT molecular complexity index is 570. The molecule has 0 amide bonds. The van der Waals surface area contributed by atoms with Crippen molar-refractivity contribution in [3.05, 3.63) is 11.1 Å². The zero-order valence-corrected chi connectivity index (χ0v) is 19.6. The minimum absolute atomic E-state index is 0.186. The number of unbranched alkanes of at least 4 members (excludes halogenated alkanes) is 2. The Kier molecular flexibility index (Phi) is 8.37. The second-order valence-electron chi connectivity index (χ2n) is 8.86. The summed E-state index contributed by atoms with van der Waals surface area (Å²) in [6.07, 6.45) is 8.19. The lowest BCUT2D eigenvalue weighted by molar-refractivity contribution is -0.166. The molecular weight excluding hydrogens is 364 g/mol. The number of esters is 2. The molecule has 0 spiro atoms. The number of rotatable bonds is 12. The molecule has 2 rings (SSSR count). The molecule has 4 heteroatoms. The Hall–Kier alpha value is -1.32. The fraction of sp³-hybridized carbons (Fsp3) is 0.840. The monoisotopic (exact) mass is 406 g/mol. The lowest BCUT2D eigenvalue weighted by Crippen LogP contribution is -2.46. The summed E-state index contributed by atoms with van der Waals surface area (Å²) in [6.45, 7) is 13.8. The van der Waals surface area contributed by atoms with Crippen molar-refractivity contribution < 1.29 is 19.1 Å². The maximum atomic E-state index is 13.4. The van der Waals surface area contributed by atoms with Gasteiger partial charge >= 0.3 is 11.9 Å². The molecule has 0 radical (unpaired) electrons. The predicted octanol–water partition coefficient (Wildman–Crippen LogP) is 6.23.